The summed E-state index contributed by atoms with van der Waals surface area (Å²) in [6.45, 7) is 1.64. The van der Waals surface area contributed by atoms with Crippen molar-refractivity contribution in [2.45, 2.75) is 57.7 Å². The molecule has 1 aliphatic rings. The molecule has 0 bridgehead atoms. The topological polar surface area (TPSA) is 96.0 Å². The van der Waals surface area contributed by atoms with Gasteiger partial charge >= 0.3 is 0 Å². The number of para-hydroxylation sites is 1. The number of benzene rings is 2. The third-order valence-electron chi connectivity index (χ3n) is 6.32. The highest BCUT2D eigenvalue weighted by atomic mass is 32.2. The van der Waals surface area contributed by atoms with Crippen LogP contribution in [0.1, 0.15) is 44.6 Å². The molecule has 0 saturated heterocycles. The van der Waals surface area contributed by atoms with Gasteiger partial charge in [0.25, 0.3) is 0 Å². The van der Waals surface area contributed by atoms with Crippen LogP contribution in [0.25, 0.3) is 0 Å². The Bertz CT molecular complexity index is 1080. The first-order valence-electron chi connectivity index (χ1n) is 12.0. The van der Waals surface area contributed by atoms with Crippen molar-refractivity contribution < 1.29 is 22.7 Å². The number of sulfonamides is 1. The van der Waals surface area contributed by atoms with Crippen LogP contribution in [0.4, 0.5) is 5.69 Å². The van der Waals surface area contributed by atoms with Crippen LogP contribution in [0.3, 0.4) is 0 Å². The molecule has 2 amide bonds. The van der Waals surface area contributed by atoms with Crippen molar-refractivity contribution >= 4 is 27.5 Å². The number of nitrogens with one attached hydrogen (secondary N) is 1. The van der Waals surface area contributed by atoms with Crippen molar-refractivity contribution in [3.63, 3.8) is 0 Å². The number of hydrogen-bond acceptors (Lipinski definition) is 5. The molecule has 1 atom stereocenters. The summed E-state index contributed by atoms with van der Waals surface area (Å²) in [4.78, 5) is 28.4. The van der Waals surface area contributed by atoms with Crippen LogP contribution in [0.5, 0.6) is 5.75 Å². The van der Waals surface area contributed by atoms with Gasteiger partial charge in [-0.3, -0.25) is 13.9 Å². The number of hydrogen-bond donors (Lipinski definition) is 1. The predicted molar refractivity (Wildman–Crippen MR) is 137 cm³/mol. The van der Waals surface area contributed by atoms with E-state index in [0.717, 1.165) is 41.8 Å². The first kappa shape index (κ1) is 26.5. The highest BCUT2D eigenvalue weighted by Crippen LogP contribution is 2.22. The fourth-order valence-corrected chi connectivity index (χ4v) is 5.27. The van der Waals surface area contributed by atoms with E-state index in [4.69, 9.17) is 4.74 Å². The minimum atomic E-state index is -3.73. The molecule has 8 nitrogen and oxygen atoms in total. The molecule has 1 aliphatic carbocycles. The zero-order valence-electron chi connectivity index (χ0n) is 20.6. The van der Waals surface area contributed by atoms with E-state index in [9.17, 15) is 18.0 Å². The maximum absolute atomic E-state index is 13.7. The van der Waals surface area contributed by atoms with E-state index >= 15 is 0 Å². The van der Waals surface area contributed by atoms with Crippen LogP contribution < -0.4 is 14.4 Å². The monoisotopic (exact) mass is 501 g/mol. The molecule has 0 heterocycles. The average molecular weight is 502 g/mol. The van der Waals surface area contributed by atoms with Gasteiger partial charge in [-0.05, 0) is 49.1 Å². The zero-order valence-corrected chi connectivity index (χ0v) is 21.5. The Morgan fingerprint density at radius 1 is 1.06 bits per heavy atom. The van der Waals surface area contributed by atoms with Gasteiger partial charge in [0.05, 0.1) is 19.1 Å². The van der Waals surface area contributed by atoms with Crippen LogP contribution in [-0.2, 0) is 26.2 Å². The Labute approximate surface area is 208 Å². The van der Waals surface area contributed by atoms with Gasteiger partial charge in [-0.15, -0.1) is 0 Å². The number of amides is 2. The predicted octanol–water partition coefficient (Wildman–Crippen LogP) is 3.33. The Kier molecular flexibility index (Phi) is 9.14. The maximum atomic E-state index is 13.7. The average Bonchev–Trinajstić information content (AvgIpc) is 3.35. The van der Waals surface area contributed by atoms with Crippen LogP contribution in [0.15, 0.2) is 54.6 Å². The Balaban J connectivity index is 1.89. The summed E-state index contributed by atoms with van der Waals surface area (Å²) in [5.74, 6) is 0.0420. The summed E-state index contributed by atoms with van der Waals surface area (Å²) in [7, 11) is -2.15. The van der Waals surface area contributed by atoms with Crippen molar-refractivity contribution in [1.29, 1.82) is 0 Å². The molecule has 0 aliphatic heterocycles. The third kappa shape index (κ3) is 7.21. The van der Waals surface area contributed by atoms with Gasteiger partial charge in [0.15, 0.2) is 0 Å². The summed E-state index contributed by atoms with van der Waals surface area (Å²) in [5, 5.41) is 3.10. The van der Waals surface area contributed by atoms with Crippen molar-refractivity contribution in [1.82, 2.24) is 10.2 Å². The minimum absolute atomic E-state index is 0.117. The minimum Gasteiger partial charge on any atom is -0.497 e. The first-order chi connectivity index (χ1) is 16.7. The number of ether oxygens (including phenoxy) is 1. The highest BCUT2D eigenvalue weighted by molar-refractivity contribution is 7.92. The molecule has 190 valence electrons. The molecule has 3 rings (SSSR count). The van der Waals surface area contributed by atoms with E-state index in [2.05, 4.69) is 5.32 Å². The number of nitrogens with zero attached hydrogens (tertiary/aromatic N) is 2. The normalized spacial score (nSPS) is 14.8. The molecule has 0 radical (unpaired) electrons. The summed E-state index contributed by atoms with van der Waals surface area (Å²) in [6, 6.07) is 15.2. The van der Waals surface area contributed by atoms with Gasteiger partial charge in [0.1, 0.15) is 18.3 Å². The van der Waals surface area contributed by atoms with E-state index in [0.29, 0.717) is 17.9 Å². The molecule has 1 N–H and O–H groups in total. The van der Waals surface area contributed by atoms with Gasteiger partial charge in [-0.2, -0.15) is 0 Å². The molecule has 1 fully saturated rings. The molecule has 0 spiro atoms. The zero-order chi connectivity index (χ0) is 25.4. The number of carbonyl (C=O) groups excluding carboxylic acids is 2. The molecule has 2 aromatic rings. The summed E-state index contributed by atoms with van der Waals surface area (Å²) < 4.78 is 31.5. The summed E-state index contributed by atoms with van der Waals surface area (Å²) in [6.07, 6.45) is 5.51. The fraction of sp³-hybridized carbons (Fsp3) is 0.462. The molecule has 0 unspecified atom stereocenters. The lowest BCUT2D eigenvalue weighted by Gasteiger charge is -2.33. The number of carbonyl (C=O) groups is 2. The number of rotatable bonds is 11. The second-order valence-corrected chi connectivity index (χ2v) is 10.8. The Hall–Kier alpha value is -3.07. The first-order valence-corrected chi connectivity index (χ1v) is 13.8. The van der Waals surface area contributed by atoms with E-state index < -0.39 is 28.5 Å². The summed E-state index contributed by atoms with van der Waals surface area (Å²) in [5.41, 5.74) is 1.22. The van der Waals surface area contributed by atoms with E-state index in [-0.39, 0.29) is 18.5 Å². The third-order valence-corrected chi connectivity index (χ3v) is 7.46. The second kappa shape index (κ2) is 12.1. The molecule has 9 heteroatoms. The summed E-state index contributed by atoms with van der Waals surface area (Å²) >= 11 is 0. The lowest BCUT2D eigenvalue weighted by atomic mass is 10.1. The fourth-order valence-electron chi connectivity index (χ4n) is 4.42. The standard InChI is InChI=1S/C26H35N3O5S/c1-4-24(26(31)27-21-10-8-9-11-21)28(18-20-14-16-23(34-2)17-15-20)25(30)19-29(35(3,32)33)22-12-6-5-7-13-22/h5-7,12-17,21,24H,4,8-11,18-19H2,1-3H3,(H,27,31)/t24-/m0/s1. The lowest BCUT2D eigenvalue weighted by Crippen LogP contribution is -2.53. The molecule has 1 saturated carbocycles. The molecule has 0 aromatic heterocycles. The Morgan fingerprint density at radius 3 is 2.23 bits per heavy atom. The molecule has 2 aromatic carbocycles. The number of methoxy groups -OCH3 is 1. The Morgan fingerprint density at radius 2 is 1.69 bits per heavy atom. The van der Waals surface area contributed by atoms with Crippen LogP contribution in [-0.4, -0.2) is 57.1 Å². The largest absolute Gasteiger partial charge is 0.497 e. The highest BCUT2D eigenvalue weighted by Gasteiger charge is 2.32. The SMILES string of the molecule is CC[C@@H](C(=O)NC1CCCC1)N(Cc1ccc(OC)cc1)C(=O)CN(c1ccccc1)S(C)(=O)=O. The van der Waals surface area contributed by atoms with Crippen molar-refractivity contribution in [3.8, 4) is 5.75 Å². The molecular weight excluding hydrogens is 466 g/mol. The second-order valence-electron chi connectivity index (χ2n) is 8.89. The lowest BCUT2D eigenvalue weighted by molar-refractivity contribution is -0.140. The van der Waals surface area contributed by atoms with Gasteiger partial charge in [-0.1, -0.05) is 50.1 Å². The van der Waals surface area contributed by atoms with E-state index in [1.807, 2.05) is 19.1 Å². The van der Waals surface area contributed by atoms with Gasteiger partial charge in [-0.25, -0.2) is 8.42 Å². The quantitative estimate of drug-likeness (QED) is 0.510. The van der Waals surface area contributed by atoms with Gasteiger partial charge < -0.3 is 15.0 Å². The van der Waals surface area contributed by atoms with Crippen LogP contribution >= 0.6 is 0 Å². The molecule has 35 heavy (non-hydrogen) atoms. The molecular formula is C26H35N3O5S. The van der Waals surface area contributed by atoms with Crippen LogP contribution in [0.2, 0.25) is 0 Å². The van der Waals surface area contributed by atoms with E-state index in [1.54, 1.807) is 49.6 Å². The van der Waals surface area contributed by atoms with Crippen molar-refractivity contribution in [2.24, 2.45) is 0 Å². The maximum Gasteiger partial charge on any atom is 0.244 e. The number of anilines is 1. The van der Waals surface area contributed by atoms with E-state index in [1.165, 1.54) is 4.90 Å². The van der Waals surface area contributed by atoms with Gasteiger partial charge in [0.2, 0.25) is 21.8 Å². The van der Waals surface area contributed by atoms with Crippen molar-refractivity contribution in [2.75, 3.05) is 24.2 Å². The smallest absolute Gasteiger partial charge is 0.244 e. The van der Waals surface area contributed by atoms with Crippen molar-refractivity contribution in [3.05, 3.63) is 60.2 Å². The van der Waals surface area contributed by atoms with Gasteiger partial charge in [0, 0.05) is 12.6 Å². The van der Waals surface area contributed by atoms with Crippen LogP contribution in [0, 0.1) is 0 Å².